The van der Waals surface area contributed by atoms with Crippen LogP contribution in [0.15, 0.2) is 12.3 Å². The van der Waals surface area contributed by atoms with Gasteiger partial charge in [0.2, 0.25) is 0 Å². The van der Waals surface area contributed by atoms with Crippen molar-refractivity contribution in [1.29, 1.82) is 0 Å². The quantitative estimate of drug-likeness (QED) is 0.791. The lowest BCUT2D eigenvalue weighted by Gasteiger charge is -2.11. The van der Waals surface area contributed by atoms with E-state index >= 15 is 0 Å². The van der Waals surface area contributed by atoms with E-state index in [2.05, 4.69) is 4.98 Å². The molecule has 14 heavy (non-hydrogen) atoms. The Kier molecular flexibility index (Phi) is 5.68. The number of aromatic nitrogens is 1. The van der Waals surface area contributed by atoms with Gasteiger partial charge < -0.3 is 10.5 Å². The first-order valence-corrected chi connectivity index (χ1v) is 4.98. The molecule has 0 atom stereocenters. The average Bonchev–Trinajstić information content (AvgIpc) is 2.14. The number of pyridine rings is 1. The fourth-order valence-corrected chi connectivity index (χ4v) is 0.901. The molecule has 0 aromatic carbocycles. The SMILES string of the molecule is CC.Cc1cnc(N)c(OC(C)C)c1. The van der Waals surface area contributed by atoms with Gasteiger partial charge in [0.05, 0.1) is 6.10 Å². The zero-order valence-electron chi connectivity index (χ0n) is 9.66. The first-order valence-electron chi connectivity index (χ1n) is 4.98. The van der Waals surface area contributed by atoms with Gasteiger partial charge in [-0.25, -0.2) is 4.98 Å². The van der Waals surface area contributed by atoms with Gasteiger partial charge in [-0.2, -0.15) is 0 Å². The maximum atomic E-state index is 5.60. The van der Waals surface area contributed by atoms with E-state index in [4.69, 9.17) is 10.5 Å². The van der Waals surface area contributed by atoms with Crippen molar-refractivity contribution in [1.82, 2.24) is 4.98 Å². The minimum atomic E-state index is 0.135. The Balaban J connectivity index is 0.000000791. The van der Waals surface area contributed by atoms with Crippen molar-refractivity contribution in [3.8, 4) is 5.75 Å². The number of rotatable bonds is 2. The van der Waals surface area contributed by atoms with Crippen LogP contribution < -0.4 is 10.5 Å². The molecule has 0 radical (unpaired) electrons. The predicted octanol–water partition coefficient (Wildman–Crippen LogP) is 2.79. The summed E-state index contributed by atoms with van der Waals surface area (Å²) in [6, 6.07) is 1.89. The molecule has 0 saturated carbocycles. The van der Waals surface area contributed by atoms with Crippen molar-refractivity contribution in [2.45, 2.75) is 40.7 Å². The summed E-state index contributed by atoms with van der Waals surface area (Å²) < 4.78 is 5.44. The normalized spacial score (nSPS) is 9.29. The Labute approximate surface area is 86.3 Å². The molecule has 3 heteroatoms. The van der Waals surface area contributed by atoms with Crippen LogP contribution in [0.5, 0.6) is 5.75 Å². The molecule has 1 aromatic rings. The maximum absolute atomic E-state index is 5.60. The molecule has 0 bridgehead atoms. The summed E-state index contributed by atoms with van der Waals surface area (Å²) in [7, 11) is 0. The van der Waals surface area contributed by atoms with Crippen molar-refractivity contribution in [3.63, 3.8) is 0 Å². The van der Waals surface area contributed by atoms with E-state index in [1.165, 1.54) is 0 Å². The van der Waals surface area contributed by atoms with Gasteiger partial charge in [-0.3, -0.25) is 0 Å². The van der Waals surface area contributed by atoms with Gasteiger partial charge >= 0.3 is 0 Å². The van der Waals surface area contributed by atoms with E-state index in [0.717, 1.165) is 5.56 Å². The number of nitrogen functional groups attached to an aromatic ring is 1. The largest absolute Gasteiger partial charge is 0.487 e. The monoisotopic (exact) mass is 196 g/mol. The molecule has 0 amide bonds. The highest BCUT2D eigenvalue weighted by Gasteiger charge is 2.03. The highest BCUT2D eigenvalue weighted by atomic mass is 16.5. The molecule has 2 N–H and O–H groups in total. The smallest absolute Gasteiger partial charge is 0.166 e. The molecule has 1 heterocycles. The molecule has 3 nitrogen and oxygen atoms in total. The molecule has 0 saturated heterocycles. The molecular weight excluding hydrogens is 176 g/mol. The lowest BCUT2D eigenvalue weighted by atomic mass is 10.3. The van der Waals surface area contributed by atoms with Crippen LogP contribution in [-0.4, -0.2) is 11.1 Å². The summed E-state index contributed by atoms with van der Waals surface area (Å²) in [4.78, 5) is 3.98. The number of anilines is 1. The minimum Gasteiger partial charge on any atom is -0.487 e. The Hall–Kier alpha value is -1.25. The van der Waals surface area contributed by atoms with Crippen LogP contribution in [-0.2, 0) is 0 Å². The van der Waals surface area contributed by atoms with Crippen molar-refractivity contribution in [2.75, 3.05) is 5.73 Å². The van der Waals surface area contributed by atoms with Gasteiger partial charge in [0.1, 0.15) is 0 Å². The number of aryl methyl sites for hydroxylation is 1. The highest BCUT2D eigenvalue weighted by molar-refractivity contribution is 5.46. The van der Waals surface area contributed by atoms with Crippen LogP contribution in [0.3, 0.4) is 0 Å². The van der Waals surface area contributed by atoms with Gasteiger partial charge in [-0.05, 0) is 32.4 Å². The van der Waals surface area contributed by atoms with Gasteiger partial charge in [0.25, 0.3) is 0 Å². The van der Waals surface area contributed by atoms with Crippen LogP contribution in [0.1, 0.15) is 33.3 Å². The van der Waals surface area contributed by atoms with E-state index in [1.54, 1.807) is 6.20 Å². The molecule has 0 unspecified atom stereocenters. The first kappa shape index (κ1) is 12.8. The Morgan fingerprint density at radius 1 is 1.36 bits per heavy atom. The van der Waals surface area contributed by atoms with Crippen LogP contribution >= 0.6 is 0 Å². The second-order valence-electron chi connectivity index (χ2n) is 3.06. The highest BCUT2D eigenvalue weighted by Crippen LogP contribution is 2.20. The summed E-state index contributed by atoms with van der Waals surface area (Å²) in [5.41, 5.74) is 6.66. The Morgan fingerprint density at radius 2 is 1.93 bits per heavy atom. The maximum Gasteiger partial charge on any atom is 0.166 e. The molecule has 80 valence electrons. The van der Waals surface area contributed by atoms with Crippen molar-refractivity contribution in [3.05, 3.63) is 17.8 Å². The Morgan fingerprint density at radius 3 is 2.43 bits per heavy atom. The third kappa shape index (κ3) is 4.12. The summed E-state index contributed by atoms with van der Waals surface area (Å²) in [6.07, 6.45) is 1.86. The van der Waals surface area contributed by atoms with E-state index in [0.29, 0.717) is 11.6 Å². The van der Waals surface area contributed by atoms with Crippen LogP contribution in [0, 0.1) is 6.92 Å². The average molecular weight is 196 g/mol. The van der Waals surface area contributed by atoms with E-state index in [9.17, 15) is 0 Å². The van der Waals surface area contributed by atoms with E-state index in [1.807, 2.05) is 40.7 Å². The standard InChI is InChI=1S/C9H14N2O.C2H6/c1-6(2)12-8-4-7(3)5-11-9(8)10;1-2/h4-6H,1-3H3,(H2,10,11);1-2H3. The molecule has 0 aliphatic rings. The van der Waals surface area contributed by atoms with Crippen LogP contribution in [0.25, 0.3) is 0 Å². The first-order chi connectivity index (χ1) is 6.59. The zero-order chi connectivity index (χ0) is 11.1. The second kappa shape index (κ2) is 6.24. The summed E-state index contributed by atoms with van der Waals surface area (Å²) in [6.45, 7) is 9.88. The van der Waals surface area contributed by atoms with E-state index in [-0.39, 0.29) is 6.10 Å². The topological polar surface area (TPSA) is 48.1 Å². The fourth-order valence-electron chi connectivity index (χ4n) is 0.901. The number of nitrogens with two attached hydrogens (primary N) is 1. The lowest BCUT2D eigenvalue weighted by Crippen LogP contribution is -2.08. The van der Waals surface area contributed by atoms with Crippen LogP contribution in [0.4, 0.5) is 5.82 Å². The van der Waals surface area contributed by atoms with Crippen LogP contribution in [0.2, 0.25) is 0 Å². The molecule has 0 spiro atoms. The van der Waals surface area contributed by atoms with Gasteiger partial charge in [-0.15, -0.1) is 0 Å². The predicted molar refractivity (Wildman–Crippen MR) is 60.5 cm³/mol. The van der Waals surface area contributed by atoms with Gasteiger partial charge in [0.15, 0.2) is 11.6 Å². The number of hydrogen-bond acceptors (Lipinski definition) is 3. The number of nitrogens with zero attached hydrogens (tertiary/aromatic N) is 1. The van der Waals surface area contributed by atoms with E-state index < -0.39 is 0 Å². The minimum absolute atomic E-state index is 0.135. The second-order valence-corrected chi connectivity index (χ2v) is 3.06. The number of hydrogen-bond donors (Lipinski definition) is 1. The molecule has 1 aromatic heterocycles. The molecule has 1 rings (SSSR count). The third-order valence-electron chi connectivity index (χ3n) is 1.38. The zero-order valence-corrected chi connectivity index (χ0v) is 9.66. The molecule has 0 aliphatic carbocycles. The third-order valence-corrected chi connectivity index (χ3v) is 1.38. The summed E-state index contributed by atoms with van der Waals surface area (Å²) >= 11 is 0. The fraction of sp³-hybridized carbons (Fsp3) is 0.545. The lowest BCUT2D eigenvalue weighted by molar-refractivity contribution is 0.243. The molecular formula is C11H20N2O. The molecule has 0 fully saturated rings. The van der Waals surface area contributed by atoms with Crippen molar-refractivity contribution >= 4 is 5.82 Å². The number of ether oxygens (including phenoxy) is 1. The summed E-state index contributed by atoms with van der Waals surface area (Å²) in [5, 5.41) is 0. The van der Waals surface area contributed by atoms with Gasteiger partial charge in [-0.1, -0.05) is 13.8 Å². The van der Waals surface area contributed by atoms with Crippen molar-refractivity contribution in [2.24, 2.45) is 0 Å². The van der Waals surface area contributed by atoms with Crippen molar-refractivity contribution < 1.29 is 4.74 Å². The molecule has 0 aliphatic heterocycles. The van der Waals surface area contributed by atoms with Gasteiger partial charge in [0, 0.05) is 6.20 Å². The summed E-state index contributed by atoms with van der Waals surface area (Å²) in [5.74, 6) is 1.12. The Bertz CT molecular complexity index is 272.